The monoisotopic (exact) mass is 294 g/mol. The average molecular weight is 294 g/mol. The number of hydrogen-bond acceptors (Lipinski definition) is 4. The second-order valence-corrected chi connectivity index (χ2v) is 6.00. The van der Waals surface area contributed by atoms with Crippen molar-refractivity contribution in [3.8, 4) is 0 Å². The van der Waals surface area contributed by atoms with Crippen LogP contribution in [-0.2, 0) is 16.0 Å². The van der Waals surface area contributed by atoms with Gasteiger partial charge in [-0.15, -0.1) is 0 Å². The van der Waals surface area contributed by atoms with Crippen LogP contribution < -0.4 is 5.32 Å². The summed E-state index contributed by atoms with van der Waals surface area (Å²) in [7, 11) is 0. The maximum absolute atomic E-state index is 11.9. The third-order valence-electron chi connectivity index (χ3n) is 4.31. The predicted octanol–water partition coefficient (Wildman–Crippen LogP) is 2.55. The molecule has 1 aromatic heterocycles. The number of rotatable bonds is 6. The molecule has 21 heavy (non-hydrogen) atoms. The number of aryl methyl sites for hydroxylation is 2. The molecule has 1 aliphatic carbocycles. The van der Waals surface area contributed by atoms with E-state index in [9.17, 15) is 4.79 Å². The predicted molar refractivity (Wildman–Crippen MR) is 80.1 cm³/mol. The number of ether oxygens (including phenoxy) is 1. The van der Waals surface area contributed by atoms with Gasteiger partial charge < -0.3 is 14.6 Å². The molecule has 1 aliphatic rings. The summed E-state index contributed by atoms with van der Waals surface area (Å²) in [5.41, 5.74) is 1.67. The van der Waals surface area contributed by atoms with Crippen LogP contribution in [0, 0.1) is 19.8 Å². The van der Waals surface area contributed by atoms with Crippen molar-refractivity contribution in [2.75, 3.05) is 13.2 Å². The number of carbonyl (C=O) groups is 1. The summed E-state index contributed by atoms with van der Waals surface area (Å²) in [6.07, 6.45) is 5.65. The number of amides is 1. The summed E-state index contributed by atoms with van der Waals surface area (Å²) in [6.45, 7) is 7.08. The molecule has 5 heteroatoms. The largest absolute Gasteiger partial charge is 0.376 e. The number of nitrogens with zero attached hydrogens (tertiary/aromatic N) is 1. The lowest BCUT2D eigenvalue weighted by molar-refractivity contribution is -0.120. The van der Waals surface area contributed by atoms with Gasteiger partial charge in [0.25, 0.3) is 0 Å². The van der Waals surface area contributed by atoms with Crippen molar-refractivity contribution in [3.05, 3.63) is 17.0 Å². The van der Waals surface area contributed by atoms with E-state index in [2.05, 4.69) is 17.4 Å². The summed E-state index contributed by atoms with van der Waals surface area (Å²) in [4.78, 5) is 11.9. The van der Waals surface area contributed by atoms with Gasteiger partial charge >= 0.3 is 0 Å². The Morgan fingerprint density at radius 2 is 2.14 bits per heavy atom. The van der Waals surface area contributed by atoms with E-state index >= 15 is 0 Å². The molecule has 1 heterocycles. The van der Waals surface area contributed by atoms with Crippen LogP contribution in [0.5, 0.6) is 0 Å². The summed E-state index contributed by atoms with van der Waals surface area (Å²) < 4.78 is 10.9. The van der Waals surface area contributed by atoms with Crippen LogP contribution in [0.4, 0.5) is 0 Å². The van der Waals surface area contributed by atoms with E-state index in [0.29, 0.717) is 31.6 Å². The van der Waals surface area contributed by atoms with Gasteiger partial charge in [-0.3, -0.25) is 4.79 Å². The van der Waals surface area contributed by atoms with Crippen molar-refractivity contribution in [3.63, 3.8) is 0 Å². The van der Waals surface area contributed by atoms with E-state index in [4.69, 9.17) is 9.26 Å². The molecule has 1 N–H and O–H groups in total. The fraction of sp³-hybridized carbons (Fsp3) is 0.750. The van der Waals surface area contributed by atoms with Crippen molar-refractivity contribution >= 4 is 5.91 Å². The Morgan fingerprint density at radius 3 is 2.81 bits per heavy atom. The van der Waals surface area contributed by atoms with Gasteiger partial charge in [-0.25, -0.2) is 0 Å². The Morgan fingerprint density at radius 1 is 1.38 bits per heavy atom. The normalized spacial score (nSPS) is 22.2. The van der Waals surface area contributed by atoms with Gasteiger partial charge in [0.1, 0.15) is 5.76 Å². The molecule has 0 spiro atoms. The number of nitrogens with one attached hydrogen (secondary N) is 1. The summed E-state index contributed by atoms with van der Waals surface area (Å²) in [6, 6.07) is 0. The molecule has 2 atom stereocenters. The highest BCUT2D eigenvalue weighted by molar-refractivity contribution is 5.78. The van der Waals surface area contributed by atoms with Gasteiger partial charge in [-0.05, 0) is 32.6 Å². The molecule has 2 rings (SSSR count). The zero-order chi connectivity index (χ0) is 15.2. The Kier molecular flexibility index (Phi) is 5.79. The second-order valence-electron chi connectivity index (χ2n) is 6.00. The quantitative estimate of drug-likeness (QED) is 0.819. The zero-order valence-corrected chi connectivity index (χ0v) is 13.3. The van der Waals surface area contributed by atoms with Crippen molar-refractivity contribution < 1.29 is 14.1 Å². The Labute approximate surface area is 126 Å². The average Bonchev–Trinajstić information content (AvgIpc) is 2.77. The molecule has 0 saturated heterocycles. The van der Waals surface area contributed by atoms with E-state index in [1.807, 2.05) is 13.8 Å². The van der Waals surface area contributed by atoms with E-state index < -0.39 is 0 Å². The SMILES string of the molecule is Cc1noc(C)c1CC(=O)NCCO[C@@H]1CCCC[C@H]1C. The highest BCUT2D eigenvalue weighted by atomic mass is 16.5. The minimum absolute atomic E-state index is 0.00954. The van der Waals surface area contributed by atoms with Crippen molar-refractivity contribution in [1.29, 1.82) is 0 Å². The first-order valence-corrected chi connectivity index (χ1v) is 7.88. The lowest BCUT2D eigenvalue weighted by Gasteiger charge is -2.28. The van der Waals surface area contributed by atoms with Crippen LogP contribution in [0.1, 0.15) is 49.6 Å². The third kappa shape index (κ3) is 4.56. The molecule has 118 valence electrons. The Bertz CT molecular complexity index is 451. The molecule has 1 amide bonds. The number of aromatic nitrogens is 1. The lowest BCUT2D eigenvalue weighted by atomic mass is 9.88. The van der Waals surface area contributed by atoms with Crippen LogP contribution in [-0.4, -0.2) is 30.3 Å². The third-order valence-corrected chi connectivity index (χ3v) is 4.31. The smallest absolute Gasteiger partial charge is 0.224 e. The van der Waals surface area contributed by atoms with Crippen LogP contribution in [0.3, 0.4) is 0 Å². The van der Waals surface area contributed by atoms with E-state index in [-0.39, 0.29) is 5.91 Å². The molecule has 0 bridgehead atoms. The van der Waals surface area contributed by atoms with Gasteiger partial charge in [0.2, 0.25) is 5.91 Å². The van der Waals surface area contributed by atoms with Crippen molar-refractivity contribution in [1.82, 2.24) is 10.5 Å². The van der Waals surface area contributed by atoms with Crippen LogP contribution >= 0.6 is 0 Å². The minimum atomic E-state index is -0.00954. The summed E-state index contributed by atoms with van der Waals surface area (Å²) >= 11 is 0. The topological polar surface area (TPSA) is 64.4 Å². The van der Waals surface area contributed by atoms with E-state index in [0.717, 1.165) is 23.4 Å². The first-order chi connectivity index (χ1) is 10.1. The molecule has 1 aromatic rings. The molecule has 1 saturated carbocycles. The Balaban J connectivity index is 1.65. The molecule has 0 radical (unpaired) electrons. The van der Waals surface area contributed by atoms with Gasteiger partial charge in [0.05, 0.1) is 24.8 Å². The first kappa shape index (κ1) is 16.0. The second kappa shape index (κ2) is 7.59. The zero-order valence-electron chi connectivity index (χ0n) is 13.3. The molecular weight excluding hydrogens is 268 g/mol. The van der Waals surface area contributed by atoms with E-state index in [1.54, 1.807) is 0 Å². The lowest BCUT2D eigenvalue weighted by Crippen LogP contribution is -2.32. The molecule has 5 nitrogen and oxygen atoms in total. The molecule has 0 aromatic carbocycles. The summed E-state index contributed by atoms with van der Waals surface area (Å²) in [5, 5.41) is 6.75. The fourth-order valence-corrected chi connectivity index (χ4v) is 2.91. The molecule has 0 unspecified atom stereocenters. The number of hydrogen-bond donors (Lipinski definition) is 1. The van der Waals surface area contributed by atoms with Gasteiger partial charge in [-0.2, -0.15) is 0 Å². The van der Waals surface area contributed by atoms with Gasteiger partial charge in [0, 0.05) is 12.1 Å². The van der Waals surface area contributed by atoms with Crippen LogP contribution in [0.25, 0.3) is 0 Å². The fourth-order valence-electron chi connectivity index (χ4n) is 2.91. The highest BCUT2D eigenvalue weighted by Crippen LogP contribution is 2.25. The van der Waals surface area contributed by atoms with Crippen molar-refractivity contribution in [2.24, 2.45) is 5.92 Å². The summed E-state index contributed by atoms with van der Waals surface area (Å²) in [5.74, 6) is 1.34. The Hall–Kier alpha value is -1.36. The maximum atomic E-state index is 11.9. The number of carbonyl (C=O) groups excluding carboxylic acids is 1. The van der Waals surface area contributed by atoms with Gasteiger partial charge in [0.15, 0.2) is 0 Å². The maximum Gasteiger partial charge on any atom is 0.224 e. The van der Waals surface area contributed by atoms with Crippen LogP contribution in [0.15, 0.2) is 4.52 Å². The standard InChI is InChI=1S/C16H26N2O3/c1-11-6-4-5-7-15(11)20-9-8-17-16(19)10-14-12(2)18-21-13(14)3/h11,15H,4-10H2,1-3H3,(H,17,19)/t11-,15-/m1/s1. The van der Waals surface area contributed by atoms with E-state index in [1.165, 1.54) is 19.3 Å². The van der Waals surface area contributed by atoms with Crippen LogP contribution in [0.2, 0.25) is 0 Å². The molecule has 1 fully saturated rings. The molecular formula is C16H26N2O3. The van der Waals surface area contributed by atoms with Gasteiger partial charge in [-0.1, -0.05) is 24.9 Å². The molecule has 0 aliphatic heterocycles. The van der Waals surface area contributed by atoms with Crippen molar-refractivity contribution in [2.45, 2.75) is 59.0 Å². The first-order valence-electron chi connectivity index (χ1n) is 7.88. The minimum Gasteiger partial charge on any atom is -0.376 e. The highest BCUT2D eigenvalue weighted by Gasteiger charge is 2.21.